The Hall–Kier alpha value is -4.54. The van der Waals surface area contributed by atoms with Crippen molar-refractivity contribution in [3.05, 3.63) is 102 Å². The van der Waals surface area contributed by atoms with Crippen molar-refractivity contribution in [1.82, 2.24) is 15.0 Å². The fourth-order valence-electron chi connectivity index (χ4n) is 5.51. The summed E-state index contributed by atoms with van der Waals surface area (Å²) in [6, 6.07) is 33.1. The maximum absolute atomic E-state index is 6.49. The lowest BCUT2D eigenvalue weighted by atomic mass is 9.99. The van der Waals surface area contributed by atoms with E-state index in [1.807, 2.05) is 36.4 Å². The second kappa shape index (κ2) is 7.23. The Morgan fingerprint density at radius 1 is 0.528 bits per heavy atom. The monoisotopic (exact) mass is 481 g/mol. The maximum Gasteiger partial charge on any atom is 0.226 e. The number of para-hydroxylation sites is 1. The van der Waals surface area contributed by atoms with Crippen molar-refractivity contribution in [3.63, 3.8) is 0 Å². The van der Waals surface area contributed by atoms with Crippen molar-refractivity contribution in [2.45, 2.75) is 0 Å². The van der Waals surface area contributed by atoms with E-state index in [2.05, 4.69) is 70.6 Å². The highest BCUT2D eigenvalue weighted by molar-refractivity contribution is 6.28. The predicted molar refractivity (Wildman–Crippen MR) is 145 cm³/mol. The molecule has 0 radical (unpaired) electrons. The van der Waals surface area contributed by atoms with E-state index in [9.17, 15) is 0 Å². The summed E-state index contributed by atoms with van der Waals surface area (Å²) in [5, 5.41) is 4.56. The van der Waals surface area contributed by atoms with Crippen molar-refractivity contribution in [3.8, 4) is 45.0 Å². The number of hydrogen-bond donors (Lipinski definition) is 0. The molecule has 1 aliphatic rings. The number of fused-ring (bicyclic) bond motifs is 6. The molecular weight excluding hydrogens is 466 g/mol. The summed E-state index contributed by atoms with van der Waals surface area (Å²) in [7, 11) is 0. The number of furan rings is 1. The average Bonchev–Trinajstić information content (AvgIpc) is 3.45. The zero-order valence-electron chi connectivity index (χ0n) is 18.9. The van der Waals surface area contributed by atoms with Crippen LogP contribution in [-0.4, -0.2) is 15.0 Å². The minimum absolute atomic E-state index is 0.158. The molecule has 0 bridgehead atoms. The Labute approximate surface area is 210 Å². The Bertz CT molecular complexity index is 2030. The molecule has 0 atom stereocenters. The molecule has 0 fully saturated rings. The van der Waals surface area contributed by atoms with Crippen LogP contribution in [0.15, 0.2) is 101 Å². The van der Waals surface area contributed by atoms with Crippen LogP contribution >= 0.6 is 11.6 Å². The van der Waals surface area contributed by atoms with Crippen LogP contribution in [0, 0.1) is 0 Å². The molecule has 0 spiro atoms. The largest absolute Gasteiger partial charge is 0.456 e. The van der Waals surface area contributed by atoms with Crippen LogP contribution in [0.2, 0.25) is 5.28 Å². The topological polar surface area (TPSA) is 51.8 Å². The summed E-state index contributed by atoms with van der Waals surface area (Å²) < 4.78 is 6.07. The van der Waals surface area contributed by atoms with Gasteiger partial charge in [-0.2, -0.15) is 9.97 Å². The van der Waals surface area contributed by atoms with Gasteiger partial charge in [0.1, 0.15) is 11.2 Å². The summed E-state index contributed by atoms with van der Waals surface area (Å²) in [6.07, 6.45) is 0. The van der Waals surface area contributed by atoms with Crippen molar-refractivity contribution in [2.24, 2.45) is 0 Å². The van der Waals surface area contributed by atoms with Crippen LogP contribution in [0.4, 0.5) is 0 Å². The average molecular weight is 482 g/mol. The lowest BCUT2D eigenvalue weighted by molar-refractivity contribution is 0.669. The molecule has 0 saturated carbocycles. The number of halogens is 1. The maximum atomic E-state index is 6.49. The molecule has 0 aliphatic heterocycles. The molecule has 0 amide bonds. The van der Waals surface area contributed by atoms with Crippen LogP contribution in [0.3, 0.4) is 0 Å². The van der Waals surface area contributed by atoms with Gasteiger partial charge in [0.25, 0.3) is 0 Å². The number of nitrogens with zero attached hydrogens (tertiary/aromatic N) is 3. The highest BCUT2D eigenvalue weighted by Gasteiger charge is 2.23. The van der Waals surface area contributed by atoms with Crippen molar-refractivity contribution >= 4 is 44.3 Å². The molecule has 0 saturated heterocycles. The molecule has 5 aromatic carbocycles. The third-order valence-corrected chi connectivity index (χ3v) is 7.16. The minimum atomic E-state index is 0.158. The molecule has 2 heterocycles. The van der Waals surface area contributed by atoms with Gasteiger partial charge in [-0.1, -0.05) is 72.8 Å². The van der Waals surface area contributed by atoms with Crippen LogP contribution in [-0.2, 0) is 0 Å². The van der Waals surface area contributed by atoms with Crippen molar-refractivity contribution < 1.29 is 4.42 Å². The van der Waals surface area contributed by atoms with E-state index in [1.54, 1.807) is 0 Å². The number of rotatable bonds is 2. The molecular formula is C31H16ClN3O. The quantitative estimate of drug-likeness (QED) is 0.248. The molecule has 1 aliphatic carbocycles. The van der Waals surface area contributed by atoms with E-state index in [4.69, 9.17) is 21.0 Å². The molecule has 5 heteroatoms. The van der Waals surface area contributed by atoms with Crippen molar-refractivity contribution in [1.29, 1.82) is 0 Å². The third-order valence-electron chi connectivity index (χ3n) is 6.99. The molecule has 2 aromatic heterocycles. The van der Waals surface area contributed by atoms with Gasteiger partial charge in [-0.05, 0) is 68.9 Å². The Balaban J connectivity index is 1.37. The van der Waals surface area contributed by atoms with E-state index in [-0.39, 0.29) is 5.28 Å². The van der Waals surface area contributed by atoms with Gasteiger partial charge in [-0.3, -0.25) is 0 Å². The minimum Gasteiger partial charge on any atom is -0.456 e. The third kappa shape index (κ3) is 2.73. The van der Waals surface area contributed by atoms with Crippen LogP contribution in [0.1, 0.15) is 0 Å². The summed E-state index contributed by atoms with van der Waals surface area (Å²) >= 11 is 6.49. The number of aromatic nitrogens is 3. The molecule has 36 heavy (non-hydrogen) atoms. The number of benzene rings is 5. The van der Waals surface area contributed by atoms with Gasteiger partial charge in [0.05, 0.1) is 0 Å². The highest BCUT2D eigenvalue weighted by atomic mass is 35.5. The molecule has 8 rings (SSSR count). The first kappa shape index (κ1) is 19.7. The van der Waals surface area contributed by atoms with Crippen LogP contribution < -0.4 is 0 Å². The zero-order chi connectivity index (χ0) is 23.8. The number of hydrogen-bond acceptors (Lipinski definition) is 4. The van der Waals surface area contributed by atoms with E-state index >= 15 is 0 Å². The smallest absolute Gasteiger partial charge is 0.226 e. The van der Waals surface area contributed by atoms with E-state index in [0.29, 0.717) is 11.6 Å². The van der Waals surface area contributed by atoms with Gasteiger partial charge >= 0.3 is 0 Å². The van der Waals surface area contributed by atoms with Crippen LogP contribution in [0.5, 0.6) is 0 Å². The lowest BCUT2D eigenvalue weighted by Gasteiger charge is -2.09. The van der Waals surface area contributed by atoms with Crippen LogP contribution in [0.25, 0.3) is 77.7 Å². The fraction of sp³-hybridized carbons (Fsp3) is 0. The molecule has 168 valence electrons. The van der Waals surface area contributed by atoms with E-state index in [1.165, 1.54) is 27.6 Å². The van der Waals surface area contributed by atoms with Gasteiger partial charge in [-0.25, -0.2) is 4.98 Å². The van der Waals surface area contributed by atoms with Gasteiger partial charge in [0, 0.05) is 21.9 Å². The standard InChI is InChI=1S/C31H16ClN3O/c32-31-34-29(18-15-17-7-5-11-21-19-8-1-2-9-20(19)24(16-18)27(17)21)33-30(35-31)23-12-6-14-26-28(23)22-10-3-4-13-25(22)36-26/h1-16H. The van der Waals surface area contributed by atoms with E-state index < -0.39 is 0 Å². The summed E-state index contributed by atoms with van der Waals surface area (Å²) in [4.78, 5) is 14.0. The first-order valence-corrected chi connectivity index (χ1v) is 12.1. The summed E-state index contributed by atoms with van der Waals surface area (Å²) in [5.74, 6) is 1.07. The first-order valence-electron chi connectivity index (χ1n) is 11.7. The Morgan fingerprint density at radius 2 is 1.22 bits per heavy atom. The fourth-order valence-corrected chi connectivity index (χ4v) is 5.67. The summed E-state index contributed by atoms with van der Waals surface area (Å²) in [6.45, 7) is 0. The second-order valence-electron chi connectivity index (χ2n) is 9.00. The normalized spacial score (nSPS) is 12.0. The molecule has 7 aromatic rings. The van der Waals surface area contributed by atoms with Gasteiger partial charge < -0.3 is 4.42 Å². The molecule has 0 unspecified atom stereocenters. The van der Waals surface area contributed by atoms with Gasteiger partial charge in [0.2, 0.25) is 5.28 Å². The second-order valence-corrected chi connectivity index (χ2v) is 9.34. The van der Waals surface area contributed by atoms with E-state index in [0.717, 1.165) is 38.5 Å². The highest BCUT2D eigenvalue weighted by Crippen LogP contribution is 2.48. The predicted octanol–water partition coefficient (Wildman–Crippen LogP) is 8.56. The SMILES string of the molecule is Clc1nc(-c2cc3c4c(cccc4c2)-c2ccccc2-3)nc(-c2cccc3oc4ccccc4c23)n1. The zero-order valence-corrected chi connectivity index (χ0v) is 19.6. The summed E-state index contributed by atoms with van der Waals surface area (Å²) in [5.41, 5.74) is 8.31. The van der Waals surface area contributed by atoms with Gasteiger partial charge in [-0.15, -0.1) is 0 Å². The Kier molecular flexibility index (Phi) is 3.96. The molecule has 4 nitrogen and oxygen atoms in total. The molecule has 0 N–H and O–H groups in total. The first-order chi connectivity index (χ1) is 17.7. The van der Waals surface area contributed by atoms with Gasteiger partial charge in [0.15, 0.2) is 11.6 Å². The van der Waals surface area contributed by atoms with Crippen molar-refractivity contribution in [2.75, 3.05) is 0 Å². The Morgan fingerprint density at radius 3 is 2.14 bits per heavy atom. The lowest BCUT2D eigenvalue weighted by Crippen LogP contribution is -1.98.